The third-order valence-corrected chi connectivity index (χ3v) is 7.91. The quantitative estimate of drug-likeness (QED) is 0.165. The number of hydrogen-bond acceptors (Lipinski definition) is 2. The Morgan fingerprint density at radius 3 is 1.07 bits per heavy atom. The first-order chi connectivity index (χ1) is 19.6. The van der Waals surface area contributed by atoms with Gasteiger partial charge in [-0.25, -0.2) is 0 Å². The van der Waals surface area contributed by atoms with Crippen LogP contribution in [0.1, 0.15) is 25.2 Å². The maximum Gasteiger partial charge on any atom is 0.0790 e. The summed E-state index contributed by atoms with van der Waals surface area (Å²) < 4.78 is 2.21. The molecule has 3 heteroatoms. The van der Waals surface area contributed by atoms with Crippen LogP contribution in [0.2, 0.25) is 0 Å². The van der Waals surface area contributed by atoms with Crippen molar-refractivity contribution in [3.05, 3.63) is 133 Å². The summed E-state index contributed by atoms with van der Waals surface area (Å²) in [4.78, 5) is 10.5. The van der Waals surface area contributed by atoms with Gasteiger partial charge >= 0.3 is 0 Å². The number of aliphatic imine (C=N–C) groups is 2. The highest BCUT2D eigenvalue weighted by Gasteiger charge is 2.14. The van der Waals surface area contributed by atoms with Gasteiger partial charge in [0.15, 0.2) is 0 Å². The second kappa shape index (κ2) is 9.62. The van der Waals surface area contributed by atoms with Crippen LogP contribution in [0.4, 0.5) is 11.4 Å². The first-order valence-corrected chi connectivity index (χ1v) is 13.7. The molecule has 0 amide bonds. The number of fused-ring (bicyclic) bond motifs is 4. The molecule has 0 fully saturated rings. The maximum atomic E-state index is 5.24. The van der Waals surface area contributed by atoms with E-state index in [0.29, 0.717) is 0 Å². The van der Waals surface area contributed by atoms with Crippen molar-refractivity contribution in [2.75, 3.05) is 0 Å². The smallest absolute Gasteiger partial charge is 0.0790 e. The van der Waals surface area contributed by atoms with E-state index in [-0.39, 0.29) is 0 Å². The zero-order valence-electron chi connectivity index (χ0n) is 22.9. The van der Waals surface area contributed by atoms with Crippen molar-refractivity contribution in [2.45, 2.75) is 13.8 Å². The highest BCUT2D eigenvalue weighted by Crippen LogP contribution is 2.37. The van der Waals surface area contributed by atoms with Crippen LogP contribution in [-0.4, -0.2) is 16.0 Å². The zero-order chi connectivity index (χ0) is 27.2. The maximum absolute atomic E-state index is 5.24. The Kier molecular flexibility index (Phi) is 5.78. The number of benzene rings is 6. The fourth-order valence-corrected chi connectivity index (χ4v) is 5.91. The molecule has 0 unspecified atom stereocenters. The van der Waals surface area contributed by atoms with E-state index < -0.39 is 0 Å². The third kappa shape index (κ3) is 3.99. The summed E-state index contributed by atoms with van der Waals surface area (Å²) in [6.07, 6.45) is 0. The van der Waals surface area contributed by atoms with Gasteiger partial charge in [0.25, 0.3) is 0 Å². The molecule has 0 saturated heterocycles. The molecule has 1 heterocycles. The molecule has 0 aliphatic rings. The highest BCUT2D eigenvalue weighted by molar-refractivity contribution is 6.14. The van der Waals surface area contributed by atoms with E-state index in [9.17, 15) is 0 Å². The molecule has 1 aromatic heterocycles. The van der Waals surface area contributed by atoms with Gasteiger partial charge in [0.2, 0.25) is 0 Å². The molecule has 0 atom stereocenters. The molecule has 0 aliphatic carbocycles. The average Bonchev–Trinajstić information content (AvgIpc) is 3.38. The predicted molar refractivity (Wildman–Crippen MR) is 172 cm³/mol. The Hall–Kier alpha value is -5.02. The minimum absolute atomic E-state index is 0.971. The van der Waals surface area contributed by atoms with Gasteiger partial charge in [-0.3, -0.25) is 9.98 Å². The lowest BCUT2D eigenvalue weighted by molar-refractivity contribution is 0.900. The third-order valence-electron chi connectivity index (χ3n) is 7.91. The molecule has 0 bridgehead atoms. The Labute approximate surface area is 233 Å². The molecule has 0 spiro atoms. The number of hydrogen-bond donors (Lipinski definition) is 0. The monoisotopic (exact) mass is 515 g/mol. The first-order valence-electron chi connectivity index (χ1n) is 13.7. The molecule has 7 aromatic rings. The van der Waals surface area contributed by atoms with Crippen molar-refractivity contribution >= 4 is 65.9 Å². The van der Waals surface area contributed by atoms with Crippen molar-refractivity contribution in [1.82, 2.24) is 4.57 Å². The molecule has 3 nitrogen and oxygen atoms in total. The van der Waals surface area contributed by atoms with Crippen LogP contribution >= 0.6 is 0 Å². The minimum Gasteiger partial charge on any atom is -0.342 e. The van der Waals surface area contributed by atoms with Crippen molar-refractivity contribution in [2.24, 2.45) is 17.0 Å². The first kappa shape index (κ1) is 24.1. The second-order valence-corrected chi connectivity index (χ2v) is 10.4. The van der Waals surface area contributed by atoms with Gasteiger partial charge in [-0.1, -0.05) is 97.1 Å². The standard InChI is InChI=1S/C37H29N3/c1-24(38-36-30-16-8-4-12-26(30)22-27-13-5-9-17-31(27)36)34-20-21-35(40(34)3)25(2)39-37-32-18-10-6-14-28(32)23-29-15-7-11-19-33(29)37/h4-23H,1-3H3. The summed E-state index contributed by atoms with van der Waals surface area (Å²) in [6, 6.07) is 42.8. The molecule has 0 radical (unpaired) electrons. The van der Waals surface area contributed by atoms with Crippen molar-refractivity contribution in [1.29, 1.82) is 0 Å². The molecule has 0 N–H and O–H groups in total. The number of nitrogens with zero attached hydrogens (tertiary/aromatic N) is 3. The predicted octanol–water partition coefficient (Wildman–Crippen LogP) is 9.92. The van der Waals surface area contributed by atoms with Crippen molar-refractivity contribution in [3.63, 3.8) is 0 Å². The van der Waals surface area contributed by atoms with Crippen molar-refractivity contribution in [3.8, 4) is 0 Å². The zero-order valence-corrected chi connectivity index (χ0v) is 22.9. The summed E-state index contributed by atoms with van der Waals surface area (Å²) in [5.74, 6) is 0. The van der Waals surface area contributed by atoms with Crippen LogP contribution in [0.15, 0.2) is 131 Å². The number of rotatable bonds is 4. The SMILES string of the molecule is CC(=Nc1c2ccccc2cc2ccccc12)c1ccc(C(C)=Nc2c3ccccc3cc3ccccc23)n1C. The average molecular weight is 516 g/mol. The van der Waals surface area contributed by atoms with Gasteiger partial charge in [-0.15, -0.1) is 0 Å². The lowest BCUT2D eigenvalue weighted by Gasteiger charge is -2.12. The molecule has 6 aromatic carbocycles. The lowest BCUT2D eigenvalue weighted by Crippen LogP contribution is -2.09. The fraction of sp³-hybridized carbons (Fsp3) is 0.0811. The van der Waals surface area contributed by atoms with Crippen LogP contribution in [0, 0.1) is 0 Å². The Morgan fingerprint density at radius 1 is 0.450 bits per heavy atom. The summed E-state index contributed by atoms with van der Waals surface area (Å²) in [5, 5.41) is 9.45. The van der Waals surface area contributed by atoms with Gasteiger partial charge in [0.1, 0.15) is 0 Å². The van der Waals surface area contributed by atoms with Gasteiger partial charge in [0, 0.05) is 28.6 Å². The largest absolute Gasteiger partial charge is 0.342 e. The van der Waals surface area contributed by atoms with E-state index in [1.165, 1.54) is 21.5 Å². The molecular formula is C37H29N3. The Morgan fingerprint density at radius 2 is 0.750 bits per heavy atom. The molecule has 0 saturated carbocycles. The highest BCUT2D eigenvalue weighted by atomic mass is 15.0. The van der Waals surface area contributed by atoms with Gasteiger partial charge < -0.3 is 4.57 Å². The van der Waals surface area contributed by atoms with E-state index in [4.69, 9.17) is 9.98 Å². The summed E-state index contributed by atoms with van der Waals surface area (Å²) in [6.45, 7) is 4.20. The Balaban J connectivity index is 1.35. The van der Waals surface area contributed by atoms with Crippen molar-refractivity contribution < 1.29 is 0 Å². The summed E-state index contributed by atoms with van der Waals surface area (Å²) in [7, 11) is 2.10. The second-order valence-electron chi connectivity index (χ2n) is 10.4. The van der Waals surface area contributed by atoms with E-state index >= 15 is 0 Å². The normalized spacial score (nSPS) is 12.7. The molecule has 0 aliphatic heterocycles. The molecule has 7 rings (SSSR count). The molecular weight excluding hydrogens is 486 g/mol. The summed E-state index contributed by atoms with van der Waals surface area (Å²) >= 11 is 0. The molecule has 192 valence electrons. The van der Waals surface area contributed by atoms with E-state index in [0.717, 1.165) is 55.7 Å². The van der Waals surface area contributed by atoms with Crippen LogP contribution < -0.4 is 0 Å². The lowest BCUT2D eigenvalue weighted by atomic mass is 10.0. The minimum atomic E-state index is 0.971. The fourth-order valence-electron chi connectivity index (χ4n) is 5.91. The topological polar surface area (TPSA) is 29.6 Å². The van der Waals surface area contributed by atoms with Gasteiger partial charge in [-0.05, 0) is 59.7 Å². The van der Waals surface area contributed by atoms with E-state index in [2.05, 4.69) is 147 Å². The van der Waals surface area contributed by atoms with Crippen LogP contribution in [0.3, 0.4) is 0 Å². The van der Waals surface area contributed by atoms with Crippen LogP contribution in [0.25, 0.3) is 43.1 Å². The molecule has 40 heavy (non-hydrogen) atoms. The summed E-state index contributed by atoms with van der Waals surface area (Å²) in [5.41, 5.74) is 6.12. The van der Waals surface area contributed by atoms with E-state index in [1.54, 1.807) is 0 Å². The van der Waals surface area contributed by atoms with Gasteiger partial charge in [-0.2, -0.15) is 0 Å². The Bertz CT molecular complexity index is 1880. The van der Waals surface area contributed by atoms with Crippen LogP contribution in [-0.2, 0) is 7.05 Å². The van der Waals surface area contributed by atoms with Gasteiger partial charge in [0.05, 0.1) is 34.2 Å². The number of aromatic nitrogens is 1. The van der Waals surface area contributed by atoms with E-state index in [1.807, 2.05) is 0 Å². The van der Waals surface area contributed by atoms with Crippen LogP contribution in [0.5, 0.6) is 0 Å².